The first kappa shape index (κ1) is 17.4. The maximum atomic E-state index is 11.5. The van der Waals surface area contributed by atoms with Crippen LogP contribution in [0.15, 0.2) is 0 Å². The summed E-state index contributed by atoms with van der Waals surface area (Å²) in [6.45, 7) is 8.23. The van der Waals surface area contributed by atoms with Gasteiger partial charge in [0.15, 0.2) is 9.84 Å². The van der Waals surface area contributed by atoms with Gasteiger partial charge in [-0.3, -0.25) is 4.79 Å². The summed E-state index contributed by atoms with van der Waals surface area (Å²) in [7, 11) is -2.98. The molecule has 0 aliphatic carbocycles. The molecule has 0 rings (SSSR count). The number of amides is 1. The van der Waals surface area contributed by atoms with E-state index < -0.39 is 9.84 Å². The van der Waals surface area contributed by atoms with Gasteiger partial charge < -0.3 is 10.6 Å². The molecule has 0 saturated heterocycles. The highest BCUT2D eigenvalue weighted by Gasteiger charge is 2.14. The molecule has 0 aliphatic heterocycles. The number of nitrogens with one attached hydrogen (secondary N) is 2. The second-order valence-corrected chi connectivity index (χ2v) is 7.47. The molecule has 18 heavy (non-hydrogen) atoms. The van der Waals surface area contributed by atoms with Crippen molar-refractivity contribution in [2.75, 3.05) is 18.8 Å². The topological polar surface area (TPSA) is 75.3 Å². The summed E-state index contributed by atoms with van der Waals surface area (Å²) in [6, 6.07) is 0.193. The van der Waals surface area contributed by atoms with E-state index in [1.807, 2.05) is 13.8 Å². The van der Waals surface area contributed by atoms with Crippen LogP contribution in [0.5, 0.6) is 0 Å². The maximum Gasteiger partial charge on any atom is 0.221 e. The Kier molecular flexibility index (Phi) is 8.18. The van der Waals surface area contributed by atoms with Gasteiger partial charge in [0, 0.05) is 25.6 Å². The molecule has 0 aromatic heterocycles. The molecule has 0 aromatic rings. The van der Waals surface area contributed by atoms with Crippen molar-refractivity contribution in [3.63, 3.8) is 0 Å². The second kappa shape index (κ2) is 8.48. The van der Waals surface area contributed by atoms with Crippen molar-refractivity contribution in [1.82, 2.24) is 10.6 Å². The highest BCUT2D eigenvalue weighted by atomic mass is 32.2. The van der Waals surface area contributed by atoms with Crippen LogP contribution in [0.1, 0.15) is 40.5 Å². The molecule has 1 atom stereocenters. The average molecular weight is 278 g/mol. The normalized spacial score (nSPS) is 13.6. The molecule has 0 aliphatic rings. The van der Waals surface area contributed by atoms with Crippen molar-refractivity contribution in [3.05, 3.63) is 0 Å². The largest absolute Gasteiger partial charge is 0.354 e. The summed E-state index contributed by atoms with van der Waals surface area (Å²) < 4.78 is 23.0. The Morgan fingerprint density at radius 2 is 1.78 bits per heavy atom. The Labute approximate surface area is 111 Å². The third kappa shape index (κ3) is 7.66. The van der Waals surface area contributed by atoms with Crippen LogP contribution in [0.25, 0.3) is 0 Å². The van der Waals surface area contributed by atoms with Gasteiger partial charge in [0.1, 0.15) is 0 Å². The molecule has 0 radical (unpaired) electrons. The summed E-state index contributed by atoms with van der Waals surface area (Å²) in [5.74, 6) is 0.126. The van der Waals surface area contributed by atoms with Crippen LogP contribution in [0.3, 0.4) is 0 Å². The minimum Gasteiger partial charge on any atom is -0.354 e. The Balaban J connectivity index is 3.66. The Morgan fingerprint density at radius 1 is 1.17 bits per heavy atom. The van der Waals surface area contributed by atoms with Gasteiger partial charge in [-0.1, -0.05) is 6.92 Å². The molecule has 0 saturated carbocycles. The molecule has 1 unspecified atom stereocenters. The maximum absolute atomic E-state index is 11.5. The van der Waals surface area contributed by atoms with E-state index >= 15 is 0 Å². The smallest absolute Gasteiger partial charge is 0.221 e. The Hall–Kier alpha value is -0.620. The molecule has 1 amide bonds. The van der Waals surface area contributed by atoms with Gasteiger partial charge in [0.2, 0.25) is 5.91 Å². The molecule has 0 fully saturated rings. The van der Waals surface area contributed by atoms with Gasteiger partial charge in [-0.2, -0.15) is 0 Å². The van der Waals surface area contributed by atoms with Crippen LogP contribution in [-0.2, 0) is 14.6 Å². The predicted molar refractivity (Wildman–Crippen MR) is 74.3 cm³/mol. The summed E-state index contributed by atoms with van der Waals surface area (Å²) in [4.78, 5) is 11.4. The van der Waals surface area contributed by atoms with Crippen molar-refractivity contribution in [2.24, 2.45) is 0 Å². The predicted octanol–water partition coefficient (Wildman–Crippen LogP) is 0.704. The van der Waals surface area contributed by atoms with Crippen molar-refractivity contribution < 1.29 is 13.2 Å². The fourth-order valence-electron chi connectivity index (χ4n) is 1.23. The van der Waals surface area contributed by atoms with Crippen molar-refractivity contribution in [1.29, 1.82) is 0 Å². The number of sulfone groups is 1. The quantitative estimate of drug-likeness (QED) is 0.609. The minimum absolute atomic E-state index is 0.00330. The summed E-state index contributed by atoms with van der Waals surface area (Å²) in [5.41, 5.74) is 0. The van der Waals surface area contributed by atoms with Crippen LogP contribution in [-0.4, -0.2) is 44.5 Å². The Bertz CT molecular complexity index is 339. The zero-order chi connectivity index (χ0) is 14.2. The summed E-state index contributed by atoms with van der Waals surface area (Å²) >= 11 is 0. The fraction of sp³-hybridized carbons (Fsp3) is 0.917. The van der Waals surface area contributed by atoms with E-state index in [9.17, 15) is 13.2 Å². The highest BCUT2D eigenvalue weighted by molar-refractivity contribution is 7.92. The lowest BCUT2D eigenvalue weighted by Gasteiger charge is -2.12. The van der Waals surface area contributed by atoms with E-state index in [4.69, 9.17) is 0 Å². The molecule has 0 heterocycles. The van der Waals surface area contributed by atoms with Crippen LogP contribution in [0.4, 0.5) is 0 Å². The minimum atomic E-state index is -2.98. The zero-order valence-corrected chi connectivity index (χ0v) is 12.6. The molecule has 5 nitrogen and oxygen atoms in total. The number of rotatable bonds is 9. The molecule has 2 N–H and O–H groups in total. The van der Waals surface area contributed by atoms with E-state index in [2.05, 4.69) is 10.6 Å². The van der Waals surface area contributed by atoms with E-state index in [0.29, 0.717) is 19.5 Å². The van der Waals surface area contributed by atoms with Gasteiger partial charge in [0.05, 0.1) is 11.0 Å². The molecule has 0 bridgehead atoms. The standard InChI is InChI=1S/C12H26N2O3S/c1-5-11(4)14-12(15)6-7-13-8-9-18(16,17)10(2)3/h10-11,13H,5-9H2,1-4H3,(H,14,15). The lowest BCUT2D eigenvalue weighted by atomic mass is 10.2. The molecule has 108 valence electrons. The lowest BCUT2D eigenvalue weighted by Crippen LogP contribution is -2.35. The van der Waals surface area contributed by atoms with Crippen LogP contribution >= 0.6 is 0 Å². The fourth-order valence-corrected chi connectivity index (χ4v) is 2.13. The van der Waals surface area contributed by atoms with E-state index in [0.717, 1.165) is 6.42 Å². The zero-order valence-electron chi connectivity index (χ0n) is 11.8. The number of carbonyl (C=O) groups excluding carboxylic acids is 1. The molecule has 6 heteroatoms. The first-order valence-electron chi connectivity index (χ1n) is 6.51. The van der Waals surface area contributed by atoms with Crippen LogP contribution < -0.4 is 10.6 Å². The highest BCUT2D eigenvalue weighted by Crippen LogP contribution is 1.99. The molecule has 0 spiro atoms. The van der Waals surface area contributed by atoms with Crippen molar-refractivity contribution in [2.45, 2.75) is 51.8 Å². The SMILES string of the molecule is CCC(C)NC(=O)CCNCCS(=O)(=O)C(C)C. The van der Waals surface area contributed by atoms with Gasteiger partial charge in [-0.25, -0.2) is 8.42 Å². The first-order chi connectivity index (χ1) is 8.29. The van der Waals surface area contributed by atoms with E-state index in [1.165, 1.54) is 0 Å². The van der Waals surface area contributed by atoms with Crippen molar-refractivity contribution in [3.8, 4) is 0 Å². The molecular weight excluding hydrogens is 252 g/mol. The van der Waals surface area contributed by atoms with Crippen molar-refractivity contribution >= 4 is 15.7 Å². The number of hydrogen-bond acceptors (Lipinski definition) is 4. The third-order valence-electron chi connectivity index (χ3n) is 2.83. The van der Waals surface area contributed by atoms with E-state index in [1.54, 1.807) is 13.8 Å². The third-order valence-corrected chi connectivity index (χ3v) is 5.04. The number of hydrogen-bond donors (Lipinski definition) is 2. The number of carbonyl (C=O) groups is 1. The molecule has 0 aromatic carbocycles. The lowest BCUT2D eigenvalue weighted by molar-refractivity contribution is -0.121. The molecular formula is C12H26N2O3S. The first-order valence-corrected chi connectivity index (χ1v) is 8.22. The Morgan fingerprint density at radius 3 is 2.28 bits per heavy atom. The van der Waals surface area contributed by atoms with Crippen LogP contribution in [0, 0.1) is 0 Å². The monoisotopic (exact) mass is 278 g/mol. The van der Waals surface area contributed by atoms with Crippen LogP contribution in [0.2, 0.25) is 0 Å². The summed E-state index contributed by atoms with van der Waals surface area (Å²) in [6.07, 6.45) is 1.29. The average Bonchev–Trinajstić information content (AvgIpc) is 2.27. The van der Waals surface area contributed by atoms with Gasteiger partial charge in [-0.05, 0) is 27.2 Å². The summed E-state index contributed by atoms with van der Waals surface area (Å²) in [5, 5.41) is 5.50. The van der Waals surface area contributed by atoms with Gasteiger partial charge in [0.25, 0.3) is 0 Å². The second-order valence-electron chi connectivity index (χ2n) is 4.79. The van der Waals surface area contributed by atoms with Gasteiger partial charge in [-0.15, -0.1) is 0 Å². The van der Waals surface area contributed by atoms with E-state index in [-0.39, 0.29) is 23.0 Å². The van der Waals surface area contributed by atoms with Gasteiger partial charge >= 0.3 is 0 Å².